The lowest BCUT2D eigenvalue weighted by atomic mass is 10.1. The summed E-state index contributed by atoms with van der Waals surface area (Å²) in [5, 5.41) is 0. The van der Waals surface area contributed by atoms with Crippen LogP contribution in [0.1, 0.15) is 34.5 Å². The van der Waals surface area contributed by atoms with E-state index in [-0.39, 0.29) is 29.9 Å². The SMILES string of the molecule is CC(c1ccccc1)N(C)C(=O)COC(=O)c1cccc(CS(C)(=O)=O)c1. The Labute approximate surface area is 159 Å². The van der Waals surface area contributed by atoms with Crippen LogP contribution in [0, 0.1) is 0 Å². The number of hydrogen-bond acceptors (Lipinski definition) is 5. The normalized spacial score (nSPS) is 12.3. The van der Waals surface area contributed by atoms with Crippen molar-refractivity contribution in [3.05, 3.63) is 71.3 Å². The number of likely N-dealkylation sites (N-methyl/N-ethyl adjacent to an activating group) is 1. The third-order valence-corrected chi connectivity index (χ3v) is 5.03. The molecule has 1 amide bonds. The lowest BCUT2D eigenvalue weighted by Crippen LogP contribution is -2.33. The molecule has 0 bridgehead atoms. The van der Waals surface area contributed by atoms with Crippen molar-refractivity contribution in [1.82, 2.24) is 4.90 Å². The molecule has 0 heterocycles. The van der Waals surface area contributed by atoms with E-state index in [1.54, 1.807) is 19.2 Å². The zero-order valence-corrected chi connectivity index (χ0v) is 16.4. The molecule has 0 saturated carbocycles. The molecule has 0 aromatic heterocycles. The molecule has 144 valence electrons. The van der Waals surface area contributed by atoms with E-state index in [1.165, 1.54) is 17.0 Å². The number of amides is 1. The second-order valence-electron chi connectivity index (χ2n) is 6.44. The van der Waals surface area contributed by atoms with Crippen LogP contribution in [0.25, 0.3) is 0 Å². The number of sulfone groups is 1. The quantitative estimate of drug-likeness (QED) is 0.680. The van der Waals surface area contributed by atoms with Gasteiger partial charge in [-0.15, -0.1) is 0 Å². The van der Waals surface area contributed by atoms with Gasteiger partial charge >= 0.3 is 5.97 Å². The van der Waals surface area contributed by atoms with E-state index in [2.05, 4.69) is 0 Å². The summed E-state index contributed by atoms with van der Waals surface area (Å²) in [6.07, 6.45) is 1.13. The van der Waals surface area contributed by atoms with Crippen LogP contribution in [0.5, 0.6) is 0 Å². The zero-order valence-electron chi connectivity index (χ0n) is 15.6. The predicted octanol–water partition coefficient (Wildman–Crippen LogP) is 2.61. The minimum absolute atomic E-state index is 0.157. The van der Waals surface area contributed by atoms with Gasteiger partial charge in [-0.3, -0.25) is 4.79 Å². The van der Waals surface area contributed by atoms with Crippen molar-refractivity contribution in [3.8, 4) is 0 Å². The number of hydrogen-bond donors (Lipinski definition) is 0. The van der Waals surface area contributed by atoms with Gasteiger partial charge in [-0.2, -0.15) is 0 Å². The maximum absolute atomic E-state index is 12.3. The molecule has 0 aliphatic rings. The van der Waals surface area contributed by atoms with Gasteiger partial charge in [0.05, 0.1) is 17.4 Å². The summed E-state index contributed by atoms with van der Waals surface area (Å²) < 4.78 is 27.9. The lowest BCUT2D eigenvalue weighted by Gasteiger charge is -2.25. The largest absolute Gasteiger partial charge is 0.452 e. The monoisotopic (exact) mass is 389 g/mol. The molecule has 0 radical (unpaired) electrons. The molecule has 1 atom stereocenters. The summed E-state index contributed by atoms with van der Waals surface area (Å²) in [5.74, 6) is -1.16. The number of ether oxygens (including phenoxy) is 1. The van der Waals surface area contributed by atoms with Gasteiger partial charge in [0.15, 0.2) is 16.4 Å². The molecule has 2 aromatic carbocycles. The van der Waals surface area contributed by atoms with E-state index in [9.17, 15) is 18.0 Å². The maximum Gasteiger partial charge on any atom is 0.338 e. The Morgan fingerprint density at radius 1 is 1.07 bits per heavy atom. The molecule has 0 aliphatic carbocycles. The molecule has 0 N–H and O–H groups in total. The second kappa shape index (κ2) is 8.81. The van der Waals surface area contributed by atoms with Crippen LogP contribution >= 0.6 is 0 Å². The van der Waals surface area contributed by atoms with Gasteiger partial charge in [0.25, 0.3) is 5.91 Å². The lowest BCUT2D eigenvalue weighted by molar-refractivity contribution is -0.135. The van der Waals surface area contributed by atoms with Crippen molar-refractivity contribution in [2.24, 2.45) is 0 Å². The van der Waals surface area contributed by atoms with Gasteiger partial charge in [-0.25, -0.2) is 13.2 Å². The highest BCUT2D eigenvalue weighted by atomic mass is 32.2. The molecule has 1 unspecified atom stereocenters. The van der Waals surface area contributed by atoms with Crippen molar-refractivity contribution in [3.63, 3.8) is 0 Å². The molecule has 0 spiro atoms. The Hall–Kier alpha value is -2.67. The first-order valence-corrected chi connectivity index (χ1v) is 10.5. The number of esters is 1. The van der Waals surface area contributed by atoms with Crippen molar-refractivity contribution < 1.29 is 22.7 Å². The summed E-state index contributed by atoms with van der Waals surface area (Å²) in [5.41, 5.74) is 1.68. The average molecular weight is 389 g/mol. The number of carbonyl (C=O) groups excluding carboxylic acids is 2. The molecule has 2 aromatic rings. The van der Waals surface area contributed by atoms with Crippen molar-refractivity contribution >= 4 is 21.7 Å². The third kappa shape index (κ3) is 6.21. The van der Waals surface area contributed by atoms with Gasteiger partial charge in [0.2, 0.25) is 0 Å². The Bertz CT molecular complexity index is 909. The molecule has 0 saturated heterocycles. The first kappa shape index (κ1) is 20.6. The predicted molar refractivity (Wildman–Crippen MR) is 103 cm³/mol. The summed E-state index contributed by atoms with van der Waals surface area (Å²) in [7, 11) is -1.55. The van der Waals surface area contributed by atoms with Gasteiger partial charge < -0.3 is 9.64 Å². The van der Waals surface area contributed by atoms with E-state index in [0.717, 1.165) is 11.8 Å². The standard InChI is InChI=1S/C20H23NO5S/c1-15(17-9-5-4-6-10-17)21(2)19(22)13-26-20(23)18-11-7-8-16(12-18)14-27(3,24)25/h4-12,15H,13-14H2,1-3H3. The topological polar surface area (TPSA) is 80.8 Å². The van der Waals surface area contributed by atoms with Gasteiger partial charge in [0, 0.05) is 13.3 Å². The minimum atomic E-state index is -3.21. The van der Waals surface area contributed by atoms with Gasteiger partial charge in [-0.1, -0.05) is 42.5 Å². The van der Waals surface area contributed by atoms with Gasteiger partial charge in [-0.05, 0) is 30.2 Å². The Kier molecular flexibility index (Phi) is 6.74. The molecule has 0 fully saturated rings. The smallest absolute Gasteiger partial charge is 0.338 e. The van der Waals surface area contributed by atoms with Crippen molar-refractivity contribution in [2.75, 3.05) is 19.9 Å². The Morgan fingerprint density at radius 2 is 1.74 bits per heavy atom. The molecule has 2 rings (SSSR count). The summed E-state index contributed by atoms with van der Waals surface area (Å²) >= 11 is 0. The van der Waals surface area contributed by atoms with E-state index in [0.29, 0.717) is 5.56 Å². The number of nitrogens with zero attached hydrogens (tertiary/aromatic N) is 1. The van der Waals surface area contributed by atoms with E-state index < -0.39 is 15.8 Å². The molecule has 0 aliphatic heterocycles. The van der Waals surface area contributed by atoms with Crippen LogP contribution in [0.2, 0.25) is 0 Å². The van der Waals surface area contributed by atoms with Crippen LogP contribution in [-0.2, 0) is 25.1 Å². The van der Waals surface area contributed by atoms with Crippen molar-refractivity contribution in [2.45, 2.75) is 18.7 Å². The van der Waals surface area contributed by atoms with Crippen LogP contribution in [-0.4, -0.2) is 45.1 Å². The second-order valence-corrected chi connectivity index (χ2v) is 8.58. The zero-order chi connectivity index (χ0) is 20.0. The van der Waals surface area contributed by atoms with Crippen LogP contribution in [0.3, 0.4) is 0 Å². The van der Waals surface area contributed by atoms with Crippen LogP contribution < -0.4 is 0 Å². The van der Waals surface area contributed by atoms with E-state index in [4.69, 9.17) is 4.74 Å². The maximum atomic E-state index is 12.3. The molecule has 27 heavy (non-hydrogen) atoms. The van der Waals surface area contributed by atoms with Gasteiger partial charge in [0.1, 0.15) is 0 Å². The van der Waals surface area contributed by atoms with Crippen LogP contribution in [0.4, 0.5) is 0 Å². The third-order valence-electron chi connectivity index (χ3n) is 4.17. The van der Waals surface area contributed by atoms with E-state index in [1.807, 2.05) is 37.3 Å². The Morgan fingerprint density at radius 3 is 2.37 bits per heavy atom. The number of benzene rings is 2. The van der Waals surface area contributed by atoms with Crippen LogP contribution in [0.15, 0.2) is 54.6 Å². The minimum Gasteiger partial charge on any atom is -0.452 e. The highest BCUT2D eigenvalue weighted by Crippen LogP contribution is 2.18. The first-order chi connectivity index (χ1) is 12.7. The fraction of sp³-hybridized carbons (Fsp3) is 0.300. The molecular formula is C20H23NO5S. The highest BCUT2D eigenvalue weighted by Gasteiger charge is 2.19. The fourth-order valence-corrected chi connectivity index (χ4v) is 3.36. The average Bonchev–Trinajstić information content (AvgIpc) is 2.64. The fourth-order valence-electron chi connectivity index (χ4n) is 2.57. The Balaban J connectivity index is 1.96. The highest BCUT2D eigenvalue weighted by molar-refractivity contribution is 7.89. The number of carbonyl (C=O) groups is 2. The van der Waals surface area contributed by atoms with E-state index >= 15 is 0 Å². The first-order valence-electron chi connectivity index (χ1n) is 8.42. The summed E-state index contributed by atoms with van der Waals surface area (Å²) in [6.45, 7) is 1.51. The van der Waals surface area contributed by atoms with Crippen molar-refractivity contribution in [1.29, 1.82) is 0 Å². The molecular weight excluding hydrogens is 366 g/mol. The summed E-state index contributed by atoms with van der Waals surface area (Å²) in [6, 6.07) is 15.6. The summed E-state index contributed by atoms with van der Waals surface area (Å²) in [4.78, 5) is 26.0. The molecule has 6 nitrogen and oxygen atoms in total. The number of rotatable bonds is 7. The molecule has 7 heteroatoms.